The molecule has 4 rings (SSSR count). The summed E-state index contributed by atoms with van der Waals surface area (Å²) >= 11 is 0. The number of anilines is 1. The molecular weight excluding hydrogens is 395 g/mol. The molecule has 0 aliphatic carbocycles. The molecule has 2 aliphatic rings. The normalized spacial score (nSPS) is 20.3. The molecule has 1 unspecified atom stereocenters. The Balaban J connectivity index is 1.71. The van der Waals surface area contributed by atoms with Crippen LogP contribution in [0.5, 0.6) is 0 Å². The predicted octanol–water partition coefficient (Wildman–Crippen LogP) is 2.69. The van der Waals surface area contributed by atoms with Crippen LogP contribution in [0, 0.1) is 11.7 Å². The van der Waals surface area contributed by atoms with E-state index in [1.165, 1.54) is 10.4 Å². The van der Waals surface area contributed by atoms with Crippen molar-refractivity contribution in [3.63, 3.8) is 0 Å². The van der Waals surface area contributed by atoms with E-state index in [4.69, 9.17) is 4.74 Å². The molecule has 2 aromatic rings. The number of benzene rings is 2. The second-order valence-electron chi connectivity index (χ2n) is 7.51. The van der Waals surface area contributed by atoms with Crippen LogP contribution in [0.2, 0.25) is 0 Å². The second kappa shape index (κ2) is 7.85. The molecule has 0 saturated carbocycles. The average molecular weight is 418 g/mol. The molecule has 0 N–H and O–H groups in total. The fourth-order valence-corrected chi connectivity index (χ4v) is 5.33. The summed E-state index contributed by atoms with van der Waals surface area (Å²) < 4.78 is 47.0. The molecule has 1 fully saturated rings. The molecule has 0 aromatic heterocycles. The zero-order valence-electron chi connectivity index (χ0n) is 16.2. The summed E-state index contributed by atoms with van der Waals surface area (Å²) in [6, 6.07) is 11.0. The SMILES string of the molecule is CC1Cc2ccccc2N(C(=O)c2cc(S(=O)(=O)N3CCOCC3)ccc2F)C1. The Bertz CT molecular complexity index is 1030. The Hall–Kier alpha value is -2.29. The first-order valence-corrected chi connectivity index (χ1v) is 11.1. The highest BCUT2D eigenvalue weighted by Crippen LogP contribution is 2.31. The maximum absolute atomic E-state index is 14.6. The molecule has 0 radical (unpaired) electrons. The topological polar surface area (TPSA) is 66.9 Å². The predicted molar refractivity (Wildman–Crippen MR) is 107 cm³/mol. The lowest BCUT2D eigenvalue weighted by Crippen LogP contribution is -2.41. The molecule has 2 heterocycles. The van der Waals surface area contributed by atoms with E-state index in [0.29, 0.717) is 19.8 Å². The Morgan fingerprint density at radius 2 is 1.86 bits per heavy atom. The number of amides is 1. The van der Waals surface area contributed by atoms with Crippen molar-refractivity contribution in [1.82, 2.24) is 4.31 Å². The number of sulfonamides is 1. The third-order valence-corrected chi connectivity index (χ3v) is 7.26. The molecule has 1 amide bonds. The van der Waals surface area contributed by atoms with Crippen molar-refractivity contribution in [3.8, 4) is 0 Å². The summed E-state index contributed by atoms with van der Waals surface area (Å²) in [6.07, 6.45) is 0.841. The molecule has 154 valence electrons. The minimum atomic E-state index is -3.82. The van der Waals surface area contributed by atoms with Crippen molar-refractivity contribution in [2.24, 2.45) is 5.92 Å². The smallest absolute Gasteiger partial charge is 0.261 e. The van der Waals surface area contributed by atoms with Gasteiger partial charge in [0.25, 0.3) is 5.91 Å². The van der Waals surface area contributed by atoms with Crippen LogP contribution in [0.1, 0.15) is 22.8 Å². The lowest BCUT2D eigenvalue weighted by Gasteiger charge is -2.33. The van der Waals surface area contributed by atoms with Gasteiger partial charge in [-0.25, -0.2) is 12.8 Å². The minimum Gasteiger partial charge on any atom is -0.379 e. The highest BCUT2D eigenvalue weighted by molar-refractivity contribution is 7.89. The molecule has 0 bridgehead atoms. The van der Waals surface area contributed by atoms with Gasteiger partial charge in [-0.15, -0.1) is 0 Å². The highest BCUT2D eigenvalue weighted by atomic mass is 32.2. The maximum atomic E-state index is 14.6. The van der Waals surface area contributed by atoms with Crippen LogP contribution in [0.4, 0.5) is 10.1 Å². The number of carbonyl (C=O) groups is 1. The van der Waals surface area contributed by atoms with Crippen molar-refractivity contribution in [2.75, 3.05) is 37.7 Å². The third kappa shape index (κ3) is 3.80. The quantitative estimate of drug-likeness (QED) is 0.769. The summed E-state index contributed by atoms with van der Waals surface area (Å²) in [5.41, 5.74) is 1.54. The highest BCUT2D eigenvalue weighted by Gasteiger charge is 2.31. The largest absolute Gasteiger partial charge is 0.379 e. The van der Waals surface area contributed by atoms with Crippen molar-refractivity contribution < 1.29 is 22.3 Å². The van der Waals surface area contributed by atoms with Crippen molar-refractivity contribution in [3.05, 3.63) is 59.4 Å². The van der Waals surface area contributed by atoms with Gasteiger partial charge in [0, 0.05) is 25.3 Å². The Morgan fingerprint density at radius 1 is 1.14 bits per heavy atom. The lowest BCUT2D eigenvalue weighted by atomic mass is 9.93. The number of fused-ring (bicyclic) bond motifs is 1. The third-order valence-electron chi connectivity index (χ3n) is 5.37. The van der Waals surface area contributed by atoms with Gasteiger partial charge in [0.05, 0.1) is 23.7 Å². The summed E-state index contributed by atoms with van der Waals surface area (Å²) in [7, 11) is -3.82. The van der Waals surface area contributed by atoms with Crippen LogP contribution in [-0.4, -0.2) is 51.5 Å². The number of halogens is 1. The number of para-hydroxylation sites is 1. The van der Waals surface area contributed by atoms with E-state index in [1.807, 2.05) is 31.2 Å². The van der Waals surface area contributed by atoms with E-state index in [-0.39, 0.29) is 29.5 Å². The van der Waals surface area contributed by atoms with Crippen LogP contribution >= 0.6 is 0 Å². The van der Waals surface area contributed by atoms with Crippen LogP contribution in [0.15, 0.2) is 47.4 Å². The summed E-state index contributed by atoms with van der Waals surface area (Å²) in [5, 5.41) is 0. The Labute approximate surface area is 169 Å². The number of ether oxygens (including phenoxy) is 1. The van der Waals surface area contributed by atoms with Crippen molar-refractivity contribution >= 4 is 21.6 Å². The molecule has 1 atom stereocenters. The van der Waals surface area contributed by atoms with Gasteiger partial charge in [-0.05, 0) is 42.2 Å². The monoisotopic (exact) mass is 418 g/mol. The minimum absolute atomic E-state index is 0.0810. The number of carbonyl (C=O) groups excluding carboxylic acids is 1. The van der Waals surface area contributed by atoms with Crippen molar-refractivity contribution in [1.29, 1.82) is 0 Å². The van der Waals surface area contributed by atoms with E-state index in [9.17, 15) is 17.6 Å². The van der Waals surface area contributed by atoms with Crippen LogP contribution in [-0.2, 0) is 21.2 Å². The molecule has 2 aliphatic heterocycles. The summed E-state index contributed by atoms with van der Waals surface area (Å²) in [6.45, 7) is 3.59. The number of rotatable bonds is 3. The van der Waals surface area contributed by atoms with Gasteiger partial charge in [0.1, 0.15) is 5.82 Å². The number of morpholine rings is 1. The molecule has 8 heteroatoms. The van der Waals surface area contributed by atoms with E-state index in [2.05, 4.69) is 0 Å². The number of hydrogen-bond donors (Lipinski definition) is 0. The van der Waals surface area contributed by atoms with Crippen LogP contribution in [0.3, 0.4) is 0 Å². The number of nitrogens with zero attached hydrogens (tertiary/aromatic N) is 2. The van der Waals surface area contributed by atoms with Gasteiger partial charge in [-0.3, -0.25) is 4.79 Å². The summed E-state index contributed by atoms with van der Waals surface area (Å²) in [4.78, 5) is 14.7. The van der Waals surface area contributed by atoms with Gasteiger partial charge in [0.15, 0.2) is 0 Å². The van der Waals surface area contributed by atoms with E-state index in [0.717, 1.165) is 29.8 Å². The fourth-order valence-electron chi connectivity index (χ4n) is 3.90. The summed E-state index contributed by atoms with van der Waals surface area (Å²) in [5.74, 6) is -1.04. The maximum Gasteiger partial charge on any atom is 0.261 e. The van der Waals surface area contributed by atoms with Crippen LogP contribution < -0.4 is 4.90 Å². The molecule has 6 nitrogen and oxygen atoms in total. The molecular formula is C21H23FN2O4S. The first kappa shape index (κ1) is 20.0. The van der Waals surface area contributed by atoms with Gasteiger partial charge in [-0.2, -0.15) is 4.31 Å². The Morgan fingerprint density at radius 3 is 2.62 bits per heavy atom. The second-order valence-corrected chi connectivity index (χ2v) is 9.45. The van der Waals surface area contributed by atoms with Gasteiger partial charge in [-0.1, -0.05) is 25.1 Å². The van der Waals surface area contributed by atoms with E-state index >= 15 is 0 Å². The van der Waals surface area contributed by atoms with Gasteiger partial charge < -0.3 is 9.64 Å². The first-order valence-electron chi connectivity index (χ1n) is 9.65. The van der Waals surface area contributed by atoms with Gasteiger partial charge >= 0.3 is 0 Å². The average Bonchev–Trinajstić information content (AvgIpc) is 2.73. The van der Waals surface area contributed by atoms with E-state index in [1.54, 1.807) is 4.90 Å². The lowest BCUT2D eigenvalue weighted by molar-refractivity contribution is 0.0730. The van der Waals surface area contributed by atoms with Crippen LogP contribution in [0.25, 0.3) is 0 Å². The molecule has 29 heavy (non-hydrogen) atoms. The zero-order chi connectivity index (χ0) is 20.6. The molecule has 1 saturated heterocycles. The molecule has 0 spiro atoms. The fraction of sp³-hybridized carbons (Fsp3) is 0.381. The van der Waals surface area contributed by atoms with E-state index < -0.39 is 21.7 Å². The first-order chi connectivity index (χ1) is 13.9. The zero-order valence-corrected chi connectivity index (χ0v) is 17.0. The van der Waals surface area contributed by atoms with Crippen molar-refractivity contribution in [2.45, 2.75) is 18.2 Å². The van der Waals surface area contributed by atoms with Gasteiger partial charge in [0.2, 0.25) is 10.0 Å². The number of hydrogen-bond acceptors (Lipinski definition) is 4. The molecule has 2 aromatic carbocycles. The Kier molecular flexibility index (Phi) is 5.42. The standard InChI is InChI=1S/C21H23FN2O4S/c1-15-12-16-4-2-3-5-20(16)24(14-15)21(25)18-13-17(6-7-19(18)22)29(26,27)23-8-10-28-11-9-23/h2-7,13,15H,8-12,14H2,1H3.